The third-order valence-electron chi connectivity index (χ3n) is 3.30. The van der Waals surface area contributed by atoms with Crippen molar-refractivity contribution < 1.29 is 9.13 Å². The first-order chi connectivity index (χ1) is 9.69. The summed E-state index contributed by atoms with van der Waals surface area (Å²) >= 11 is 0. The second-order valence-corrected chi connectivity index (χ2v) is 4.91. The molecule has 0 radical (unpaired) electrons. The molecule has 106 valence electrons. The fourth-order valence-electron chi connectivity index (χ4n) is 2.08. The van der Waals surface area contributed by atoms with Gasteiger partial charge in [-0.15, -0.1) is 0 Å². The summed E-state index contributed by atoms with van der Waals surface area (Å²) in [5, 5.41) is 3.40. The van der Waals surface area contributed by atoms with E-state index < -0.39 is 0 Å². The predicted octanol–water partition coefficient (Wildman–Crippen LogP) is 3.82. The number of benzene rings is 2. The van der Waals surface area contributed by atoms with E-state index in [1.807, 2.05) is 13.0 Å². The molecule has 0 bridgehead atoms. The molecule has 0 aliphatic carbocycles. The highest BCUT2D eigenvalue weighted by molar-refractivity contribution is 5.23. The standard InChI is InChI=1S/C17H20FNO/c1-13(16-4-3-5-17(18)10-16)19-11-14-6-8-15(9-7-14)12-20-2/h3-10,13,19H,11-12H2,1-2H3/t13-/m1/s1. The van der Waals surface area contributed by atoms with Crippen LogP contribution in [0.15, 0.2) is 48.5 Å². The minimum atomic E-state index is -0.194. The van der Waals surface area contributed by atoms with Crippen LogP contribution in [-0.2, 0) is 17.9 Å². The number of ether oxygens (including phenoxy) is 1. The zero-order valence-electron chi connectivity index (χ0n) is 11.9. The lowest BCUT2D eigenvalue weighted by Crippen LogP contribution is -2.18. The second-order valence-electron chi connectivity index (χ2n) is 4.91. The van der Waals surface area contributed by atoms with Crippen LogP contribution in [0.1, 0.15) is 29.7 Å². The van der Waals surface area contributed by atoms with Gasteiger partial charge in [0.2, 0.25) is 0 Å². The molecule has 20 heavy (non-hydrogen) atoms. The molecule has 0 aliphatic heterocycles. The molecule has 2 nitrogen and oxygen atoms in total. The highest BCUT2D eigenvalue weighted by Gasteiger charge is 2.05. The summed E-state index contributed by atoms with van der Waals surface area (Å²) in [6.07, 6.45) is 0. The maximum absolute atomic E-state index is 13.2. The first kappa shape index (κ1) is 14.7. The Kier molecular flexibility index (Phi) is 5.27. The topological polar surface area (TPSA) is 21.3 Å². The van der Waals surface area contributed by atoms with E-state index in [2.05, 4.69) is 29.6 Å². The molecule has 1 N–H and O–H groups in total. The summed E-state index contributed by atoms with van der Waals surface area (Å²) in [6.45, 7) is 3.42. The second kappa shape index (κ2) is 7.17. The van der Waals surface area contributed by atoms with E-state index in [9.17, 15) is 4.39 Å². The highest BCUT2D eigenvalue weighted by Crippen LogP contribution is 2.14. The molecule has 2 aromatic carbocycles. The van der Waals surface area contributed by atoms with Crippen LogP contribution < -0.4 is 5.32 Å². The van der Waals surface area contributed by atoms with E-state index >= 15 is 0 Å². The van der Waals surface area contributed by atoms with Crippen molar-refractivity contribution in [2.45, 2.75) is 26.1 Å². The maximum Gasteiger partial charge on any atom is 0.123 e. The van der Waals surface area contributed by atoms with Crippen molar-refractivity contribution in [2.75, 3.05) is 7.11 Å². The van der Waals surface area contributed by atoms with Gasteiger partial charge < -0.3 is 10.1 Å². The Morgan fingerprint density at radius 3 is 2.45 bits per heavy atom. The summed E-state index contributed by atoms with van der Waals surface area (Å²) in [5.74, 6) is -0.194. The number of halogens is 1. The molecule has 0 unspecified atom stereocenters. The zero-order chi connectivity index (χ0) is 14.4. The minimum Gasteiger partial charge on any atom is -0.380 e. The van der Waals surface area contributed by atoms with Crippen molar-refractivity contribution >= 4 is 0 Å². The fourth-order valence-corrected chi connectivity index (χ4v) is 2.08. The van der Waals surface area contributed by atoms with Crippen molar-refractivity contribution in [3.05, 3.63) is 71.0 Å². The van der Waals surface area contributed by atoms with Crippen molar-refractivity contribution in [3.63, 3.8) is 0 Å². The lowest BCUT2D eigenvalue weighted by atomic mass is 10.1. The van der Waals surface area contributed by atoms with E-state index in [-0.39, 0.29) is 11.9 Å². The van der Waals surface area contributed by atoms with Gasteiger partial charge >= 0.3 is 0 Å². The Bertz CT molecular complexity index is 539. The lowest BCUT2D eigenvalue weighted by molar-refractivity contribution is 0.185. The SMILES string of the molecule is COCc1ccc(CN[C@H](C)c2cccc(F)c2)cc1. The molecule has 2 aromatic rings. The molecule has 0 amide bonds. The average molecular weight is 273 g/mol. The molecule has 2 rings (SSSR count). The molecule has 0 spiro atoms. The molecular weight excluding hydrogens is 253 g/mol. The maximum atomic E-state index is 13.2. The first-order valence-electron chi connectivity index (χ1n) is 6.74. The minimum absolute atomic E-state index is 0.115. The van der Waals surface area contributed by atoms with Crippen LogP contribution in [0.2, 0.25) is 0 Å². The molecule has 1 atom stereocenters. The Morgan fingerprint density at radius 1 is 1.10 bits per heavy atom. The van der Waals surface area contributed by atoms with Crippen molar-refractivity contribution in [1.29, 1.82) is 0 Å². The van der Waals surface area contributed by atoms with Gasteiger partial charge in [0.05, 0.1) is 6.61 Å². The van der Waals surface area contributed by atoms with Crippen LogP contribution in [-0.4, -0.2) is 7.11 Å². The Balaban J connectivity index is 1.91. The quantitative estimate of drug-likeness (QED) is 0.864. The molecule has 0 fully saturated rings. The Labute approximate surface area is 119 Å². The summed E-state index contributed by atoms with van der Waals surface area (Å²) in [4.78, 5) is 0. The summed E-state index contributed by atoms with van der Waals surface area (Å²) in [6, 6.07) is 15.1. The van der Waals surface area contributed by atoms with Gasteiger partial charge in [-0.2, -0.15) is 0 Å². The number of nitrogens with one attached hydrogen (secondary N) is 1. The van der Waals surface area contributed by atoms with Gasteiger partial charge in [0, 0.05) is 19.7 Å². The van der Waals surface area contributed by atoms with Gasteiger partial charge in [0.25, 0.3) is 0 Å². The van der Waals surface area contributed by atoms with Gasteiger partial charge in [-0.05, 0) is 35.7 Å². The predicted molar refractivity (Wildman–Crippen MR) is 78.8 cm³/mol. The largest absolute Gasteiger partial charge is 0.380 e. The summed E-state index contributed by atoms with van der Waals surface area (Å²) in [5.41, 5.74) is 3.32. The molecule has 0 heterocycles. The van der Waals surface area contributed by atoms with Crippen molar-refractivity contribution in [2.24, 2.45) is 0 Å². The van der Waals surface area contributed by atoms with Crippen LogP contribution in [0.5, 0.6) is 0 Å². The van der Waals surface area contributed by atoms with Crippen LogP contribution in [0.4, 0.5) is 4.39 Å². The Hall–Kier alpha value is -1.71. The van der Waals surface area contributed by atoms with E-state index in [4.69, 9.17) is 4.74 Å². The Morgan fingerprint density at radius 2 is 1.80 bits per heavy atom. The monoisotopic (exact) mass is 273 g/mol. The number of methoxy groups -OCH3 is 1. The van der Waals surface area contributed by atoms with Gasteiger partial charge in [-0.3, -0.25) is 0 Å². The molecular formula is C17H20FNO. The van der Waals surface area contributed by atoms with Crippen LogP contribution in [0.3, 0.4) is 0 Å². The summed E-state index contributed by atoms with van der Waals surface area (Å²) < 4.78 is 18.3. The van der Waals surface area contributed by atoms with Crippen LogP contribution in [0, 0.1) is 5.82 Å². The molecule has 3 heteroatoms. The van der Waals surface area contributed by atoms with Crippen LogP contribution in [0.25, 0.3) is 0 Å². The molecule has 0 saturated carbocycles. The van der Waals surface area contributed by atoms with Gasteiger partial charge in [0.15, 0.2) is 0 Å². The molecule has 0 aliphatic rings. The third-order valence-corrected chi connectivity index (χ3v) is 3.30. The number of rotatable bonds is 6. The van der Waals surface area contributed by atoms with E-state index in [0.29, 0.717) is 6.61 Å². The normalized spacial score (nSPS) is 12.3. The summed E-state index contributed by atoms with van der Waals surface area (Å²) in [7, 11) is 1.69. The highest BCUT2D eigenvalue weighted by atomic mass is 19.1. The van der Waals surface area contributed by atoms with Gasteiger partial charge in [0.1, 0.15) is 5.82 Å². The first-order valence-corrected chi connectivity index (χ1v) is 6.74. The number of hydrogen-bond donors (Lipinski definition) is 1. The lowest BCUT2D eigenvalue weighted by Gasteiger charge is -2.14. The van der Waals surface area contributed by atoms with E-state index in [0.717, 1.165) is 17.7 Å². The van der Waals surface area contributed by atoms with Crippen molar-refractivity contribution in [1.82, 2.24) is 5.32 Å². The van der Waals surface area contributed by atoms with E-state index in [1.54, 1.807) is 19.2 Å². The van der Waals surface area contributed by atoms with Crippen LogP contribution >= 0.6 is 0 Å². The number of hydrogen-bond acceptors (Lipinski definition) is 2. The zero-order valence-corrected chi connectivity index (χ0v) is 11.9. The van der Waals surface area contributed by atoms with Crippen molar-refractivity contribution in [3.8, 4) is 0 Å². The fraction of sp³-hybridized carbons (Fsp3) is 0.294. The molecule has 0 saturated heterocycles. The van der Waals surface area contributed by atoms with Gasteiger partial charge in [-0.1, -0.05) is 36.4 Å². The smallest absolute Gasteiger partial charge is 0.123 e. The third kappa shape index (κ3) is 4.15. The average Bonchev–Trinajstić information content (AvgIpc) is 2.46. The molecule has 0 aromatic heterocycles. The van der Waals surface area contributed by atoms with E-state index in [1.165, 1.54) is 11.6 Å². The van der Waals surface area contributed by atoms with Gasteiger partial charge in [-0.25, -0.2) is 4.39 Å².